The third-order valence-electron chi connectivity index (χ3n) is 11.7. The molecule has 0 aliphatic rings. The second-order valence-corrected chi connectivity index (χ2v) is 18.1. The fourth-order valence-corrected chi connectivity index (χ4v) is 7.54. The number of ether oxygens (including phenoxy) is 3. The lowest BCUT2D eigenvalue weighted by Crippen LogP contribution is -2.30. The lowest BCUT2D eigenvalue weighted by molar-refractivity contribution is -0.167. The van der Waals surface area contributed by atoms with Crippen LogP contribution in [0.25, 0.3) is 0 Å². The maximum Gasteiger partial charge on any atom is 0.306 e. The Balaban J connectivity index is 4.04. The number of carbonyl (C=O) groups excluding carboxylic acids is 3. The summed E-state index contributed by atoms with van der Waals surface area (Å²) in [7, 11) is 0. The molecule has 0 aromatic heterocycles. The van der Waals surface area contributed by atoms with Crippen LogP contribution in [0.1, 0.15) is 258 Å². The summed E-state index contributed by atoms with van der Waals surface area (Å²) in [6.07, 6.45) is 70.5. The monoisotopic (exact) mass is 919 g/mol. The van der Waals surface area contributed by atoms with Gasteiger partial charge in [0, 0.05) is 19.3 Å². The van der Waals surface area contributed by atoms with Crippen LogP contribution in [-0.2, 0) is 28.6 Å². The van der Waals surface area contributed by atoms with Crippen LogP contribution in [0.4, 0.5) is 0 Å². The average molecular weight is 919 g/mol. The molecule has 1 unspecified atom stereocenters. The average Bonchev–Trinajstić information content (AvgIpc) is 3.31. The fourth-order valence-electron chi connectivity index (χ4n) is 7.54. The van der Waals surface area contributed by atoms with Gasteiger partial charge in [0.2, 0.25) is 0 Å². The van der Waals surface area contributed by atoms with Crippen molar-refractivity contribution in [1.29, 1.82) is 0 Å². The van der Waals surface area contributed by atoms with Gasteiger partial charge < -0.3 is 14.2 Å². The molecule has 66 heavy (non-hydrogen) atoms. The number of esters is 3. The Morgan fingerprint density at radius 1 is 0.318 bits per heavy atom. The van der Waals surface area contributed by atoms with Crippen molar-refractivity contribution in [2.75, 3.05) is 13.2 Å². The lowest BCUT2D eigenvalue weighted by atomic mass is 10.0. The van der Waals surface area contributed by atoms with Gasteiger partial charge in [-0.05, 0) is 77.0 Å². The molecule has 0 heterocycles. The highest BCUT2D eigenvalue weighted by atomic mass is 16.6. The van der Waals surface area contributed by atoms with Crippen molar-refractivity contribution >= 4 is 17.9 Å². The van der Waals surface area contributed by atoms with Gasteiger partial charge in [-0.15, -0.1) is 0 Å². The van der Waals surface area contributed by atoms with E-state index in [1.165, 1.54) is 103 Å². The first-order valence-corrected chi connectivity index (χ1v) is 27.6. The van der Waals surface area contributed by atoms with E-state index in [0.717, 1.165) is 116 Å². The Labute approximate surface area is 407 Å². The Morgan fingerprint density at radius 2 is 0.591 bits per heavy atom. The van der Waals surface area contributed by atoms with Gasteiger partial charge in [0.25, 0.3) is 0 Å². The summed E-state index contributed by atoms with van der Waals surface area (Å²) in [4.78, 5) is 37.6. The minimum Gasteiger partial charge on any atom is -0.462 e. The van der Waals surface area contributed by atoms with Gasteiger partial charge in [-0.3, -0.25) is 14.4 Å². The lowest BCUT2D eigenvalue weighted by Gasteiger charge is -2.18. The first-order chi connectivity index (χ1) is 32.5. The SMILES string of the molecule is CC/C=C\C/C=C\C/C=C\C/C=C\C/C=C\C/C=C\C/C=C\CCCCCCCCCCCC(=O)OCC(COC(=O)CCCCCCC)OC(=O)CCCCCCCCCCCCCC. The van der Waals surface area contributed by atoms with Crippen molar-refractivity contribution < 1.29 is 28.6 Å². The van der Waals surface area contributed by atoms with Crippen molar-refractivity contribution in [3.05, 3.63) is 85.1 Å². The molecule has 0 radical (unpaired) electrons. The molecule has 0 saturated heterocycles. The molecule has 0 N–H and O–H groups in total. The summed E-state index contributed by atoms with van der Waals surface area (Å²) in [6, 6.07) is 0. The molecular formula is C60H102O6. The van der Waals surface area contributed by atoms with E-state index in [9.17, 15) is 14.4 Å². The van der Waals surface area contributed by atoms with Gasteiger partial charge in [-0.2, -0.15) is 0 Å². The van der Waals surface area contributed by atoms with Crippen molar-refractivity contribution in [3.63, 3.8) is 0 Å². The van der Waals surface area contributed by atoms with Crippen molar-refractivity contribution in [2.24, 2.45) is 0 Å². The largest absolute Gasteiger partial charge is 0.462 e. The van der Waals surface area contributed by atoms with Crippen LogP contribution in [0.15, 0.2) is 85.1 Å². The highest BCUT2D eigenvalue weighted by molar-refractivity contribution is 5.71. The summed E-state index contributed by atoms with van der Waals surface area (Å²) >= 11 is 0. The van der Waals surface area contributed by atoms with E-state index in [-0.39, 0.29) is 31.1 Å². The Hall–Kier alpha value is -3.41. The van der Waals surface area contributed by atoms with E-state index in [4.69, 9.17) is 14.2 Å². The first kappa shape index (κ1) is 62.6. The van der Waals surface area contributed by atoms with Crippen LogP contribution in [-0.4, -0.2) is 37.2 Å². The maximum atomic E-state index is 12.7. The predicted molar refractivity (Wildman–Crippen MR) is 284 cm³/mol. The van der Waals surface area contributed by atoms with E-state index in [1.54, 1.807) is 0 Å². The minimum absolute atomic E-state index is 0.0764. The first-order valence-electron chi connectivity index (χ1n) is 27.6. The standard InChI is InChI=1S/C60H102O6/c1-4-7-10-13-15-17-19-21-22-23-24-25-26-27-28-29-30-31-32-33-34-35-36-37-38-39-41-42-44-47-50-53-59(62)65-56-57(55-64-58(61)52-49-46-12-9-6-3)66-60(63)54-51-48-45-43-40-20-18-16-14-11-8-5-2/h7,10,15,17,21-22,24-25,27-28,30-31,33-34,57H,4-6,8-9,11-14,16,18-20,23,26,29,32,35-56H2,1-3H3/b10-7-,17-15-,22-21-,25-24-,28-27-,31-30-,34-33-. The zero-order valence-electron chi connectivity index (χ0n) is 43.2. The number of carbonyl (C=O) groups is 3. The van der Waals surface area contributed by atoms with Gasteiger partial charge in [0.1, 0.15) is 13.2 Å². The summed E-state index contributed by atoms with van der Waals surface area (Å²) < 4.78 is 16.7. The predicted octanol–water partition coefficient (Wildman–Crippen LogP) is 18.4. The van der Waals surface area contributed by atoms with Crippen LogP contribution in [0.3, 0.4) is 0 Å². The normalized spacial score (nSPS) is 12.7. The van der Waals surface area contributed by atoms with Crippen LogP contribution in [0, 0.1) is 0 Å². The zero-order valence-corrected chi connectivity index (χ0v) is 43.2. The molecule has 0 rings (SSSR count). The number of allylic oxidation sites excluding steroid dienone is 14. The molecule has 0 amide bonds. The molecule has 0 aliphatic carbocycles. The summed E-state index contributed by atoms with van der Waals surface area (Å²) in [5, 5.41) is 0. The van der Waals surface area contributed by atoms with Crippen molar-refractivity contribution in [1.82, 2.24) is 0 Å². The van der Waals surface area contributed by atoms with Crippen LogP contribution >= 0.6 is 0 Å². The summed E-state index contributed by atoms with van der Waals surface area (Å²) in [5.41, 5.74) is 0. The Morgan fingerprint density at radius 3 is 0.924 bits per heavy atom. The number of rotatable bonds is 49. The molecule has 6 heteroatoms. The van der Waals surface area contributed by atoms with E-state index in [0.29, 0.717) is 19.3 Å². The number of hydrogen-bond acceptors (Lipinski definition) is 6. The highest BCUT2D eigenvalue weighted by Gasteiger charge is 2.19. The van der Waals surface area contributed by atoms with Gasteiger partial charge in [0.05, 0.1) is 0 Å². The van der Waals surface area contributed by atoms with E-state index >= 15 is 0 Å². The molecule has 0 aromatic rings. The molecule has 378 valence electrons. The molecule has 6 nitrogen and oxygen atoms in total. The minimum atomic E-state index is -0.771. The highest BCUT2D eigenvalue weighted by Crippen LogP contribution is 2.15. The molecule has 0 saturated carbocycles. The van der Waals surface area contributed by atoms with Gasteiger partial charge in [-0.1, -0.05) is 247 Å². The second kappa shape index (κ2) is 54.2. The van der Waals surface area contributed by atoms with Crippen molar-refractivity contribution in [3.8, 4) is 0 Å². The van der Waals surface area contributed by atoms with E-state index < -0.39 is 6.10 Å². The Kier molecular flexibility index (Phi) is 51.4. The van der Waals surface area contributed by atoms with Crippen LogP contribution in [0.5, 0.6) is 0 Å². The molecule has 1 atom stereocenters. The topological polar surface area (TPSA) is 78.9 Å². The maximum absolute atomic E-state index is 12.7. The molecule has 0 spiro atoms. The second-order valence-electron chi connectivity index (χ2n) is 18.1. The van der Waals surface area contributed by atoms with Gasteiger partial charge in [-0.25, -0.2) is 0 Å². The number of unbranched alkanes of at least 4 members (excludes halogenated alkanes) is 24. The van der Waals surface area contributed by atoms with Crippen molar-refractivity contribution in [2.45, 2.75) is 264 Å². The summed E-state index contributed by atoms with van der Waals surface area (Å²) in [5.74, 6) is -0.894. The third-order valence-corrected chi connectivity index (χ3v) is 11.7. The quantitative estimate of drug-likeness (QED) is 0.0262. The third kappa shape index (κ3) is 51.6. The van der Waals surface area contributed by atoms with Gasteiger partial charge >= 0.3 is 17.9 Å². The van der Waals surface area contributed by atoms with Crippen LogP contribution < -0.4 is 0 Å². The molecule has 0 bridgehead atoms. The van der Waals surface area contributed by atoms with E-state index in [2.05, 4.69) is 106 Å². The fraction of sp³-hybridized carbons (Fsp3) is 0.717. The molecular weight excluding hydrogens is 817 g/mol. The molecule has 0 aromatic carbocycles. The van der Waals surface area contributed by atoms with Gasteiger partial charge in [0.15, 0.2) is 6.10 Å². The van der Waals surface area contributed by atoms with Crippen LogP contribution in [0.2, 0.25) is 0 Å². The molecule has 0 aliphatic heterocycles. The zero-order chi connectivity index (χ0) is 47.9. The Bertz CT molecular complexity index is 1290. The van der Waals surface area contributed by atoms with E-state index in [1.807, 2.05) is 0 Å². The molecule has 0 fully saturated rings. The summed E-state index contributed by atoms with van der Waals surface area (Å²) in [6.45, 7) is 6.43. The number of hydrogen-bond donors (Lipinski definition) is 0. The smallest absolute Gasteiger partial charge is 0.306 e.